The third-order valence-electron chi connectivity index (χ3n) is 1.39. The largest absolute Gasteiger partial charge is 0.392 e. The van der Waals surface area contributed by atoms with Gasteiger partial charge < -0.3 is 9.47 Å². The van der Waals surface area contributed by atoms with Gasteiger partial charge in [-0.2, -0.15) is 0 Å². The van der Waals surface area contributed by atoms with Crippen molar-refractivity contribution in [3.63, 3.8) is 0 Å². The predicted molar refractivity (Wildman–Crippen MR) is 43.3 cm³/mol. The lowest BCUT2D eigenvalue weighted by Gasteiger charge is -2.09. The summed E-state index contributed by atoms with van der Waals surface area (Å²) in [6.07, 6.45) is 6.64. The van der Waals surface area contributed by atoms with Gasteiger partial charge in [0.05, 0.1) is 0 Å². The Balaban J connectivity index is 2.81. The van der Waals surface area contributed by atoms with Crippen LogP contribution in [0.25, 0.3) is 0 Å². The van der Waals surface area contributed by atoms with Crippen LogP contribution in [0, 0.1) is 23.0 Å². The van der Waals surface area contributed by atoms with E-state index in [4.69, 9.17) is 10.5 Å². The monoisotopic (exact) mass is 174 g/mol. The highest BCUT2D eigenvalue weighted by atomic mass is 16.5. The molecule has 0 saturated carbocycles. The van der Waals surface area contributed by atoms with Crippen LogP contribution in [0.2, 0.25) is 0 Å². The van der Waals surface area contributed by atoms with E-state index in [9.17, 15) is 0 Å². The lowest BCUT2D eigenvalue weighted by molar-refractivity contribution is 0.344. The molecule has 0 aromatic carbocycles. The Kier molecular flexibility index (Phi) is 2.73. The molecular weight excluding hydrogens is 168 g/mol. The summed E-state index contributed by atoms with van der Waals surface area (Å²) in [6, 6.07) is 0. The van der Waals surface area contributed by atoms with Gasteiger partial charge in [-0.3, -0.25) is 0 Å². The first-order chi connectivity index (χ1) is 6.26. The van der Waals surface area contributed by atoms with Crippen LogP contribution in [0.5, 0.6) is 0 Å². The molecule has 0 unspecified atom stereocenters. The second kappa shape index (κ2) is 3.99. The van der Waals surface area contributed by atoms with Gasteiger partial charge in [-0.1, -0.05) is 6.58 Å². The quantitative estimate of drug-likeness (QED) is 0.597. The van der Waals surface area contributed by atoms with Crippen molar-refractivity contribution in [2.45, 2.75) is 6.42 Å². The first kappa shape index (κ1) is 8.89. The van der Waals surface area contributed by atoms with Crippen LogP contribution in [-0.2, 0) is 9.47 Å². The number of allylic oxidation sites excluding steroid dienone is 3. The number of ether oxygens (including phenoxy) is 2. The molecule has 0 saturated heterocycles. The number of hydrogen-bond donors (Lipinski definition) is 0. The summed E-state index contributed by atoms with van der Waals surface area (Å²) < 4.78 is 9.18. The van der Waals surface area contributed by atoms with E-state index in [-0.39, 0.29) is 0 Å². The molecule has 0 bridgehead atoms. The Bertz CT molecular complexity index is 366. The Labute approximate surface area is 75.6 Å². The second-order valence-electron chi connectivity index (χ2n) is 2.38. The zero-order valence-corrected chi connectivity index (χ0v) is 6.78. The SMILES string of the molecule is C=C1C=C(OC#N)C=C(OC#N)C1. The highest BCUT2D eigenvalue weighted by molar-refractivity contribution is 5.34. The third-order valence-corrected chi connectivity index (χ3v) is 1.39. The Hall–Kier alpha value is -2.20. The van der Waals surface area contributed by atoms with E-state index in [1.165, 1.54) is 12.3 Å². The summed E-state index contributed by atoms with van der Waals surface area (Å²) >= 11 is 0. The molecule has 1 aliphatic rings. The standard InChI is InChI=1S/C9H6N2O2/c1-7-2-8(12-5-10)4-9(3-7)13-6-11/h2,4H,1,3H2. The van der Waals surface area contributed by atoms with Crippen molar-refractivity contribution in [1.82, 2.24) is 0 Å². The van der Waals surface area contributed by atoms with E-state index in [0.29, 0.717) is 17.9 Å². The summed E-state index contributed by atoms with van der Waals surface area (Å²) in [5, 5.41) is 16.5. The molecule has 0 aromatic rings. The highest BCUT2D eigenvalue weighted by Crippen LogP contribution is 2.21. The average molecular weight is 174 g/mol. The maximum Gasteiger partial charge on any atom is 0.292 e. The molecule has 4 nitrogen and oxygen atoms in total. The smallest absolute Gasteiger partial charge is 0.292 e. The fourth-order valence-corrected chi connectivity index (χ4v) is 0.963. The van der Waals surface area contributed by atoms with E-state index in [1.54, 1.807) is 12.3 Å². The van der Waals surface area contributed by atoms with Crippen LogP contribution in [0.15, 0.2) is 35.8 Å². The Morgan fingerprint density at radius 3 is 2.54 bits per heavy atom. The Morgan fingerprint density at radius 1 is 1.23 bits per heavy atom. The molecule has 1 rings (SSSR count). The summed E-state index contributed by atoms with van der Waals surface area (Å²) in [7, 11) is 0. The zero-order chi connectivity index (χ0) is 9.68. The molecule has 0 aliphatic heterocycles. The van der Waals surface area contributed by atoms with Crippen molar-refractivity contribution in [2.75, 3.05) is 0 Å². The minimum Gasteiger partial charge on any atom is -0.392 e. The van der Waals surface area contributed by atoms with Crippen LogP contribution in [0.3, 0.4) is 0 Å². The third kappa shape index (κ3) is 2.39. The molecule has 1 aliphatic carbocycles. The van der Waals surface area contributed by atoms with Crippen molar-refractivity contribution in [2.24, 2.45) is 0 Å². The number of nitrogens with zero attached hydrogens (tertiary/aromatic N) is 2. The maximum atomic E-state index is 8.25. The molecule has 0 atom stereocenters. The molecule has 13 heavy (non-hydrogen) atoms. The normalized spacial score (nSPS) is 14.8. The summed E-state index contributed by atoms with van der Waals surface area (Å²) in [6.45, 7) is 3.68. The molecule has 0 aromatic heterocycles. The van der Waals surface area contributed by atoms with Crippen molar-refractivity contribution >= 4 is 0 Å². The molecule has 4 heteroatoms. The van der Waals surface area contributed by atoms with E-state index in [1.807, 2.05) is 0 Å². The van der Waals surface area contributed by atoms with Crippen LogP contribution in [0.4, 0.5) is 0 Å². The van der Waals surface area contributed by atoms with Gasteiger partial charge in [-0.15, -0.1) is 10.5 Å². The molecular formula is C9H6N2O2. The molecule has 0 amide bonds. The average Bonchev–Trinajstić information content (AvgIpc) is 2.04. The summed E-state index contributed by atoms with van der Waals surface area (Å²) in [4.78, 5) is 0. The van der Waals surface area contributed by atoms with Crippen LogP contribution >= 0.6 is 0 Å². The van der Waals surface area contributed by atoms with E-state index in [2.05, 4.69) is 16.1 Å². The van der Waals surface area contributed by atoms with Gasteiger partial charge in [0.1, 0.15) is 11.5 Å². The van der Waals surface area contributed by atoms with Gasteiger partial charge in [-0.25, -0.2) is 0 Å². The fraction of sp³-hybridized carbons (Fsp3) is 0.111. The van der Waals surface area contributed by atoms with E-state index >= 15 is 0 Å². The zero-order valence-electron chi connectivity index (χ0n) is 6.78. The minimum atomic E-state index is 0.337. The van der Waals surface area contributed by atoms with Crippen molar-refractivity contribution in [3.8, 4) is 12.5 Å². The van der Waals surface area contributed by atoms with Crippen LogP contribution in [0.1, 0.15) is 6.42 Å². The molecule has 0 radical (unpaired) electrons. The van der Waals surface area contributed by atoms with Gasteiger partial charge >= 0.3 is 0 Å². The molecule has 0 fully saturated rings. The number of rotatable bonds is 2. The lowest BCUT2D eigenvalue weighted by Crippen LogP contribution is -1.97. The molecule has 0 heterocycles. The van der Waals surface area contributed by atoms with Gasteiger partial charge in [0.25, 0.3) is 12.5 Å². The van der Waals surface area contributed by atoms with Gasteiger partial charge in [0, 0.05) is 12.5 Å². The lowest BCUT2D eigenvalue weighted by atomic mass is 10.1. The van der Waals surface area contributed by atoms with E-state index in [0.717, 1.165) is 5.57 Å². The molecule has 0 N–H and O–H groups in total. The molecule has 0 spiro atoms. The minimum absolute atomic E-state index is 0.337. The first-order valence-corrected chi connectivity index (χ1v) is 3.48. The predicted octanol–water partition coefficient (Wildman–Crippen LogP) is 1.71. The topological polar surface area (TPSA) is 66.0 Å². The van der Waals surface area contributed by atoms with Crippen LogP contribution < -0.4 is 0 Å². The highest BCUT2D eigenvalue weighted by Gasteiger charge is 2.10. The van der Waals surface area contributed by atoms with Gasteiger partial charge in [-0.05, 0) is 11.6 Å². The van der Waals surface area contributed by atoms with Crippen molar-refractivity contribution in [3.05, 3.63) is 35.8 Å². The second-order valence-corrected chi connectivity index (χ2v) is 2.38. The number of nitriles is 2. The summed E-state index contributed by atoms with van der Waals surface area (Å²) in [5.41, 5.74) is 0.734. The Morgan fingerprint density at radius 2 is 1.92 bits per heavy atom. The van der Waals surface area contributed by atoms with E-state index < -0.39 is 0 Å². The number of hydrogen-bond acceptors (Lipinski definition) is 4. The van der Waals surface area contributed by atoms with Gasteiger partial charge in [0.15, 0.2) is 0 Å². The van der Waals surface area contributed by atoms with Crippen LogP contribution in [-0.4, -0.2) is 0 Å². The fourth-order valence-electron chi connectivity index (χ4n) is 0.963. The molecule has 64 valence electrons. The van der Waals surface area contributed by atoms with Crippen molar-refractivity contribution < 1.29 is 9.47 Å². The first-order valence-electron chi connectivity index (χ1n) is 3.48. The maximum absolute atomic E-state index is 8.25. The van der Waals surface area contributed by atoms with Crippen molar-refractivity contribution in [1.29, 1.82) is 10.5 Å². The van der Waals surface area contributed by atoms with Gasteiger partial charge in [0.2, 0.25) is 0 Å². The summed E-state index contributed by atoms with van der Waals surface area (Å²) in [5.74, 6) is 0.768.